The van der Waals surface area contributed by atoms with Crippen LogP contribution in [0.5, 0.6) is 0 Å². The number of aliphatic hydroxyl groups excluding tert-OH is 1. The van der Waals surface area contributed by atoms with Gasteiger partial charge in [-0.05, 0) is 51.3 Å². The third-order valence-electron chi connectivity index (χ3n) is 3.69. The van der Waals surface area contributed by atoms with E-state index in [0.717, 1.165) is 24.3 Å². The van der Waals surface area contributed by atoms with E-state index in [0.29, 0.717) is 32.6 Å². The van der Waals surface area contributed by atoms with E-state index in [2.05, 4.69) is 10.6 Å². The van der Waals surface area contributed by atoms with Crippen LogP contribution in [0.2, 0.25) is 4.34 Å². The average molecular weight is 396 g/mol. The molecule has 0 unspecified atom stereocenters. The van der Waals surface area contributed by atoms with E-state index in [1.807, 2.05) is 19.0 Å². The van der Waals surface area contributed by atoms with Gasteiger partial charge in [0.2, 0.25) is 0 Å². The van der Waals surface area contributed by atoms with Gasteiger partial charge in [0, 0.05) is 23.4 Å². The van der Waals surface area contributed by atoms with Crippen LogP contribution in [0.3, 0.4) is 0 Å². The van der Waals surface area contributed by atoms with Crippen LogP contribution in [0.1, 0.15) is 32.0 Å². The van der Waals surface area contributed by atoms with Gasteiger partial charge in [-0.25, -0.2) is 0 Å². The predicted octanol–water partition coefficient (Wildman–Crippen LogP) is 2.83. The van der Waals surface area contributed by atoms with Gasteiger partial charge in [0.05, 0.1) is 15.8 Å². The van der Waals surface area contributed by atoms with Crippen molar-refractivity contribution in [3.05, 3.63) is 50.7 Å². The molecule has 2 rings (SSSR count). The van der Waals surface area contributed by atoms with Crippen molar-refractivity contribution in [3.63, 3.8) is 0 Å². The van der Waals surface area contributed by atoms with Gasteiger partial charge in [-0.15, -0.1) is 11.3 Å². The molecule has 0 saturated heterocycles. The number of aliphatic hydroxyl groups is 1. The molecule has 0 bridgehead atoms. The largest absolute Gasteiger partial charge is 0.392 e. The van der Waals surface area contributed by atoms with Crippen molar-refractivity contribution in [2.24, 2.45) is 0 Å². The van der Waals surface area contributed by atoms with Crippen molar-refractivity contribution >= 4 is 40.4 Å². The van der Waals surface area contributed by atoms with Gasteiger partial charge in [0.1, 0.15) is 0 Å². The zero-order valence-corrected chi connectivity index (χ0v) is 16.3. The van der Waals surface area contributed by atoms with Gasteiger partial charge in [-0.3, -0.25) is 9.59 Å². The minimum atomic E-state index is -0.359. The molecule has 26 heavy (non-hydrogen) atoms. The number of hydrogen-bond acceptors (Lipinski definition) is 5. The zero-order chi connectivity index (χ0) is 19.1. The van der Waals surface area contributed by atoms with Crippen molar-refractivity contribution in [2.75, 3.05) is 32.5 Å². The predicted molar refractivity (Wildman–Crippen MR) is 105 cm³/mol. The topological polar surface area (TPSA) is 81.7 Å². The molecular weight excluding hydrogens is 374 g/mol. The van der Waals surface area contributed by atoms with E-state index in [-0.39, 0.29) is 18.4 Å². The SMILES string of the molecule is CN(C)CCCNC(=O)c1cccc(NC(=O)c2ccc(Cl)s2)c1CO. The third kappa shape index (κ3) is 5.54. The highest BCUT2D eigenvalue weighted by Gasteiger charge is 2.17. The van der Waals surface area contributed by atoms with Crippen LogP contribution in [0.15, 0.2) is 30.3 Å². The molecule has 8 heteroatoms. The van der Waals surface area contributed by atoms with Gasteiger partial charge in [0.25, 0.3) is 11.8 Å². The fourth-order valence-corrected chi connectivity index (χ4v) is 3.34. The van der Waals surface area contributed by atoms with Gasteiger partial charge in [-0.1, -0.05) is 17.7 Å². The quantitative estimate of drug-likeness (QED) is 0.600. The van der Waals surface area contributed by atoms with E-state index in [1.165, 1.54) is 0 Å². The summed E-state index contributed by atoms with van der Waals surface area (Å²) in [6.45, 7) is 1.04. The Morgan fingerprint density at radius 2 is 1.96 bits per heavy atom. The standard InChI is InChI=1S/C18H22ClN3O3S/c1-22(2)10-4-9-20-17(24)12-5-3-6-14(13(12)11-23)21-18(25)15-7-8-16(19)26-15/h3,5-8,23H,4,9-11H2,1-2H3,(H,20,24)(H,21,25). The summed E-state index contributed by atoms with van der Waals surface area (Å²) in [6.07, 6.45) is 0.822. The molecule has 1 heterocycles. The summed E-state index contributed by atoms with van der Waals surface area (Å²) in [5.74, 6) is -0.608. The summed E-state index contributed by atoms with van der Waals surface area (Å²) in [4.78, 5) is 27.2. The summed E-state index contributed by atoms with van der Waals surface area (Å²) in [6, 6.07) is 8.23. The normalized spacial score (nSPS) is 10.8. The Morgan fingerprint density at radius 3 is 2.58 bits per heavy atom. The summed E-state index contributed by atoms with van der Waals surface area (Å²) >= 11 is 7.02. The lowest BCUT2D eigenvalue weighted by molar-refractivity contribution is 0.0947. The highest BCUT2D eigenvalue weighted by atomic mass is 35.5. The van der Waals surface area contributed by atoms with Crippen LogP contribution in [-0.4, -0.2) is 49.0 Å². The minimum Gasteiger partial charge on any atom is -0.392 e. The number of amides is 2. The molecule has 140 valence electrons. The van der Waals surface area contributed by atoms with Crippen molar-refractivity contribution in [3.8, 4) is 0 Å². The maximum Gasteiger partial charge on any atom is 0.265 e. The van der Waals surface area contributed by atoms with Crippen LogP contribution >= 0.6 is 22.9 Å². The molecule has 2 amide bonds. The van der Waals surface area contributed by atoms with Gasteiger partial charge >= 0.3 is 0 Å². The molecule has 1 aromatic carbocycles. The monoisotopic (exact) mass is 395 g/mol. The fraction of sp³-hybridized carbons (Fsp3) is 0.333. The van der Waals surface area contributed by atoms with Crippen molar-refractivity contribution < 1.29 is 14.7 Å². The summed E-state index contributed by atoms with van der Waals surface area (Å²) in [5, 5.41) is 15.3. The fourth-order valence-electron chi connectivity index (χ4n) is 2.40. The van der Waals surface area contributed by atoms with Crippen LogP contribution < -0.4 is 10.6 Å². The van der Waals surface area contributed by atoms with Crippen molar-refractivity contribution in [2.45, 2.75) is 13.0 Å². The maximum absolute atomic E-state index is 12.4. The lowest BCUT2D eigenvalue weighted by Gasteiger charge is -2.14. The van der Waals surface area contributed by atoms with Crippen molar-refractivity contribution in [1.82, 2.24) is 10.2 Å². The maximum atomic E-state index is 12.4. The molecule has 0 radical (unpaired) electrons. The van der Waals surface area contributed by atoms with Crippen LogP contribution in [-0.2, 0) is 6.61 Å². The minimum absolute atomic E-state index is 0.275. The average Bonchev–Trinajstić information content (AvgIpc) is 3.04. The van der Waals surface area contributed by atoms with E-state index >= 15 is 0 Å². The Bertz CT molecular complexity index is 777. The van der Waals surface area contributed by atoms with Crippen LogP contribution in [0.25, 0.3) is 0 Å². The number of anilines is 1. The number of thiophene rings is 1. The number of nitrogens with zero attached hydrogens (tertiary/aromatic N) is 1. The molecule has 0 saturated carbocycles. The van der Waals surface area contributed by atoms with E-state index in [4.69, 9.17) is 11.6 Å². The second-order valence-electron chi connectivity index (χ2n) is 5.96. The highest BCUT2D eigenvalue weighted by Crippen LogP contribution is 2.25. The first-order valence-electron chi connectivity index (χ1n) is 8.14. The van der Waals surface area contributed by atoms with E-state index in [1.54, 1.807) is 30.3 Å². The first kappa shape index (κ1) is 20.4. The van der Waals surface area contributed by atoms with Crippen LogP contribution in [0.4, 0.5) is 5.69 Å². The summed E-state index contributed by atoms with van der Waals surface area (Å²) < 4.78 is 0.517. The number of carbonyl (C=O) groups excluding carboxylic acids is 2. The summed E-state index contributed by atoms with van der Waals surface area (Å²) in [5.41, 5.74) is 1.14. The number of halogens is 1. The molecular formula is C18H22ClN3O3S. The lowest BCUT2D eigenvalue weighted by Crippen LogP contribution is -2.28. The molecule has 0 fully saturated rings. The Hall–Kier alpha value is -1.93. The number of benzene rings is 1. The smallest absolute Gasteiger partial charge is 0.265 e. The Morgan fingerprint density at radius 1 is 1.19 bits per heavy atom. The number of hydrogen-bond donors (Lipinski definition) is 3. The molecule has 0 aliphatic rings. The molecule has 1 aromatic heterocycles. The Balaban J connectivity index is 2.10. The first-order valence-corrected chi connectivity index (χ1v) is 9.34. The second-order valence-corrected chi connectivity index (χ2v) is 7.68. The highest BCUT2D eigenvalue weighted by molar-refractivity contribution is 7.18. The Labute approximate surface area is 161 Å². The molecule has 0 aliphatic carbocycles. The summed E-state index contributed by atoms with van der Waals surface area (Å²) in [7, 11) is 3.94. The molecule has 0 atom stereocenters. The number of rotatable bonds is 8. The van der Waals surface area contributed by atoms with Crippen molar-refractivity contribution in [1.29, 1.82) is 0 Å². The second kappa shape index (κ2) is 9.68. The van der Waals surface area contributed by atoms with Gasteiger partial charge < -0.3 is 20.6 Å². The molecule has 0 aliphatic heterocycles. The molecule has 3 N–H and O–H groups in total. The van der Waals surface area contributed by atoms with Crippen LogP contribution in [0, 0.1) is 0 Å². The number of nitrogens with one attached hydrogen (secondary N) is 2. The molecule has 0 spiro atoms. The van der Waals surface area contributed by atoms with E-state index in [9.17, 15) is 14.7 Å². The van der Waals surface area contributed by atoms with Gasteiger partial charge in [0.15, 0.2) is 0 Å². The zero-order valence-electron chi connectivity index (χ0n) is 14.7. The first-order chi connectivity index (χ1) is 12.4. The molecule has 6 nitrogen and oxygen atoms in total. The van der Waals surface area contributed by atoms with Gasteiger partial charge in [-0.2, -0.15) is 0 Å². The lowest BCUT2D eigenvalue weighted by atomic mass is 10.0. The van der Waals surface area contributed by atoms with E-state index < -0.39 is 0 Å². The Kier molecular flexibility index (Phi) is 7.59. The molecule has 2 aromatic rings. The number of carbonyl (C=O) groups is 2. The third-order valence-corrected chi connectivity index (χ3v) is 4.92.